The van der Waals surface area contributed by atoms with Crippen molar-refractivity contribution in [1.82, 2.24) is 4.57 Å². The molecule has 3 aromatic rings. The highest BCUT2D eigenvalue weighted by atomic mass is 32.1. The molecule has 2 heterocycles. The van der Waals surface area contributed by atoms with Crippen molar-refractivity contribution in [3.05, 3.63) is 52.6 Å². The van der Waals surface area contributed by atoms with E-state index in [0.29, 0.717) is 18.0 Å². The number of nitrogens with one attached hydrogen (secondary N) is 1. The summed E-state index contributed by atoms with van der Waals surface area (Å²) in [5.74, 6) is 1.41. The Bertz CT molecular complexity index is 1120. The topological polar surface area (TPSA) is 64.8 Å². The van der Waals surface area contributed by atoms with E-state index < -0.39 is 0 Å². The van der Waals surface area contributed by atoms with Gasteiger partial charge in [-0.15, -0.1) is 11.3 Å². The Morgan fingerprint density at radius 3 is 2.77 bits per heavy atom. The van der Waals surface area contributed by atoms with Crippen LogP contribution in [0.5, 0.6) is 11.5 Å². The number of anilines is 1. The molecule has 1 unspecified atom stereocenters. The number of carbonyl (C=O) groups excluding carboxylic acids is 1. The van der Waals surface area contributed by atoms with Crippen molar-refractivity contribution in [2.45, 2.75) is 33.2 Å². The molecule has 0 saturated carbocycles. The van der Waals surface area contributed by atoms with E-state index >= 15 is 0 Å². The number of hydrogen-bond acceptors (Lipinski definition) is 5. The number of fused-ring (bicyclic) bond motifs is 1. The third-order valence-electron chi connectivity index (χ3n) is 5.05. The maximum atomic E-state index is 11.7. The predicted octanol–water partition coefficient (Wildman–Crippen LogP) is 5.15. The fourth-order valence-electron chi connectivity index (χ4n) is 3.36. The number of ether oxygens (including phenoxy) is 2. The van der Waals surface area contributed by atoms with Gasteiger partial charge in [0.1, 0.15) is 11.5 Å². The average molecular weight is 424 g/mol. The molecule has 7 heteroatoms. The van der Waals surface area contributed by atoms with Gasteiger partial charge in [0, 0.05) is 17.0 Å². The minimum absolute atomic E-state index is 0.0583. The largest absolute Gasteiger partial charge is 0.494 e. The van der Waals surface area contributed by atoms with Gasteiger partial charge in [-0.05, 0) is 62.7 Å². The van der Waals surface area contributed by atoms with E-state index in [2.05, 4.69) is 29.1 Å². The zero-order valence-electron chi connectivity index (χ0n) is 17.3. The van der Waals surface area contributed by atoms with Crippen LogP contribution in [0, 0.1) is 0 Å². The monoisotopic (exact) mass is 423 g/mol. The van der Waals surface area contributed by atoms with Crippen LogP contribution in [0.4, 0.5) is 11.4 Å². The van der Waals surface area contributed by atoms with E-state index in [-0.39, 0.29) is 18.6 Å². The van der Waals surface area contributed by atoms with Crippen LogP contribution in [0.3, 0.4) is 0 Å². The van der Waals surface area contributed by atoms with Gasteiger partial charge in [0.05, 0.1) is 23.7 Å². The maximum absolute atomic E-state index is 11.7. The maximum Gasteiger partial charge on any atom is 0.262 e. The second-order valence-corrected chi connectivity index (χ2v) is 7.95. The first-order chi connectivity index (χ1) is 14.6. The number of aromatic nitrogens is 1. The van der Waals surface area contributed by atoms with Crippen molar-refractivity contribution in [2.24, 2.45) is 4.99 Å². The van der Waals surface area contributed by atoms with E-state index in [1.807, 2.05) is 49.4 Å². The number of carbonyl (C=O) groups is 1. The molecule has 0 saturated heterocycles. The molecule has 6 nitrogen and oxygen atoms in total. The van der Waals surface area contributed by atoms with E-state index in [4.69, 9.17) is 14.5 Å². The molecule has 1 aromatic heterocycles. The van der Waals surface area contributed by atoms with Gasteiger partial charge >= 0.3 is 0 Å². The Morgan fingerprint density at radius 2 is 2.03 bits per heavy atom. The number of benzene rings is 2. The molecule has 0 spiro atoms. The summed E-state index contributed by atoms with van der Waals surface area (Å²) in [6.45, 7) is 7.03. The summed E-state index contributed by atoms with van der Waals surface area (Å²) in [5, 5.41) is 5.01. The summed E-state index contributed by atoms with van der Waals surface area (Å²) in [5.41, 5.74) is 3.68. The predicted molar refractivity (Wildman–Crippen MR) is 120 cm³/mol. The third-order valence-corrected chi connectivity index (χ3v) is 5.89. The highest BCUT2D eigenvalue weighted by Gasteiger charge is 2.19. The molecular formula is C23H25N3O3S. The van der Waals surface area contributed by atoms with E-state index in [9.17, 15) is 4.79 Å². The van der Waals surface area contributed by atoms with Crippen LogP contribution in [-0.4, -0.2) is 23.7 Å². The first-order valence-corrected chi connectivity index (χ1v) is 11.0. The van der Waals surface area contributed by atoms with Crippen LogP contribution in [0.1, 0.15) is 33.2 Å². The van der Waals surface area contributed by atoms with Gasteiger partial charge in [-0.1, -0.05) is 6.92 Å². The summed E-state index contributed by atoms with van der Waals surface area (Å²) in [4.78, 5) is 17.5. The second-order valence-electron chi connectivity index (χ2n) is 7.12. The number of hydrogen-bond donors (Lipinski definition) is 1. The fourth-order valence-corrected chi connectivity index (χ4v) is 4.37. The third kappa shape index (κ3) is 4.11. The first-order valence-electron chi connectivity index (χ1n) is 10.1. The Labute approximate surface area is 179 Å². The lowest BCUT2D eigenvalue weighted by Crippen LogP contribution is -2.25. The second kappa shape index (κ2) is 8.75. The zero-order valence-corrected chi connectivity index (χ0v) is 18.2. The van der Waals surface area contributed by atoms with Gasteiger partial charge in [-0.25, -0.2) is 4.99 Å². The zero-order chi connectivity index (χ0) is 21.1. The molecule has 2 aromatic carbocycles. The lowest BCUT2D eigenvalue weighted by Gasteiger charge is -2.20. The van der Waals surface area contributed by atoms with Crippen molar-refractivity contribution < 1.29 is 14.3 Å². The Balaban J connectivity index is 1.76. The molecular weight excluding hydrogens is 398 g/mol. The molecule has 1 atom stereocenters. The van der Waals surface area contributed by atoms with Gasteiger partial charge < -0.3 is 19.4 Å². The van der Waals surface area contributed by atoms with Crippen molar-refractivity contribution in [3.8, 4) is 22.8 Å². The van der Waals surface area contributed by atoms with Gasteiger partial charge in [-0.3, -0.25) is 4.79 Å². The van der Waals surface area contributed by atoms with Crippen LogP contribution in [-0.2, 0) is 4.79 Å². The van der Waals surface area contributed by atoms with Gasteiger partial charge in [-0.2, -0.15) is 0 Å². The standard InChI is InChI=1S/C23H25N3O3S/c1-4-15(3)26-20(16-6-11-21-19(12-16)25-22(27)13-29-21)14-30-23(26)24-17-7-9-18(10-8-17)28-5-2/h6-12,14-15H,4-5,13H2,1-3H3,(H,25,27). The first kappa shape index (κ1) is 20.2. The smallest absolute Gasteiger partial charge is 0.262 e. The molecule has 1 N–H and O–H groups in total. The summed E-state index contributed by atoms with van der Waals surface area (Å²) in [6.07, 6.45) is 0.977. The average Bonchev–Trinajstić information content (AvgIpc) is 3.17. The minimum atomic E-state index is -0.133. The van der Waals surface area contributed by atoms with Crippen molar-refractivity contribution in [3.63, 3.8) is 0 Å². The molecule has 30 heavy (non-hydrogen) atoms. The molecule has 156 valence electrons. The van der Waals surface area contributed by atoms with Crippen molar-refractivity contribution in [2.75, 3.05) is 18.5 Å². The van der Waals surface area contributed by atoms with Crippen LogP contribution in [0.2, 0.25) is 0 Å². The number of rotatable bonds is 6. The Hall–Kier alpha value is -3.06. The van der Waals surface area contributed by atoms with Crippen LogP contribution in [0.15, 0.2) is 52.8 Å². The normalized spacial score (nSPS) is 14.6. The molecule has 0 aliphatic carbocycles. The summed E-state index contributed by atoms with van der Waals surface area (Å²) in [6, 6.07) is 14.0. The summed E-state index contributed by atoms with van der Waals surface area (Å²) in [7, 11) is 0. The highest BCUT2D eigenvalue weighted by Crippen LogP contribution is 2.34. The number of thiazole rings is 1. The van der Waals surface area contributed by atoms with E-state index in [1.165, 1.54) is 0 Å². The van der Waals surface area contributed by atoms with Crippen LogP contribution >= 0.6 is 11.3 Å². The molecule has 4 rings (SSSR count). The van der Waals surface area contributed by atoms with Gasteiger partial charge in [0.15, 0.2) is 11.4 Å². The molecule has 1 amide bonds. The molecule has 0 fully saturated rings. The lowest BCUT2D eigenvalue weighted by atomic mass is 10.1. The van der Waals surface area contributed by atoms with Crippen LogP contribution in [0.25, 0.3) is 11.3 Å². The number of amides is 1. The molecule has 1 aliphatic rings. The quantitative estimate of drug-likeness (QED) is 0.596. The number of nitrogens with zero attached hydrogens (tertiary/aromatic N) is 2. The molecule has 1 aliphatic heterocycles. The van der Waals surface area contributed by atoms with E-state index in [1.54, 1.807) is 11.3 Å². The summed E-state index contributed by atoms with van der Waals surface area (Å²) < 4.78 is 13.3. The van der Waals surface area contributed by atoms with E-state index in [0.717, 1.165) is 33.9 Å². The SMILES string of the molecule is CCOc1ccc(N=c2scc(-c3ccc4c(c3)NC(=O)CO4)n2C(C)CC)cc1. The Kier molecular flexibility index (Phi) is 5.90. The van der Waals surface area contributed by atoms with Crippen molar-refractivity contribution in [1.29, 1.82) is 0 Å². The highest BCUT2D eigenvalue weighted by molar-refractivity contribution is 7.07. The van der Waals surface area contributed by atoms with Gasteiger partial charge in [0.25, 0.3) is 5.91 Å². The Morgan fingerprint density at radius 1 is 1.23 bits per heavy atom. The van der Waals surface area contributed by atoms with Gasteiger partial charge in [0.2, 0.25) is 0 Å². The van der Waals surface area contributed by atoms with Crippen LogP contribution < -0.4 is 19.6 Å². The molecule has 0 bridgehead atoms. The lowest BCUT2D eigenvalue weighted by molar-refractivity contribution is -0.118. The summed E-state index contributed by atoms with van der Waals surface area (Å²) >= 11 is 1.61. The fraction of sp³-hybridized carbons (Fsp3) is 0.304. The van der Waals surface area contributed by atoms with Crippen molar-refractivity contribution >= 4 is 28.6 Å². The molecule has 0 radical (unpaired) electrons. The minimum Gasteiger partial charge on any atom is -0.494 e.